The first-order valence-corrected chi connectivity index (χ1v) is 11.0. The zero-order chi connectivity index (χ0) is 18.8. The molecule has 0 aliphatic carbocycles. The van der Waals surface area contributed by atoms with Gasteiger partial charge in [0, 0.05) is 24.2 Å². The summed E-state index contributed by atoms with van der Waals surface area (Å²) in [7, 11) is 0. The number of likely N-dealkylation sites (N-methyl/N-ethyl adjacent to an activating group) is 1. The SMILES string of the molecule is CCC(C(C)NCC(C)C)N(CC)C1(N)CC2CCC(C1)N2C(C)S. The quantitative estimate of drug-likeness (QED) is 0.430. The lowest BCUT2D eigenvalue weighted by Gasteiger charge is -2.54. The van der Waals surface area contributed by atoms with Crippen LogP contribution in [0.25, 0.3) is 0 Å². The molecule has 0 amide bonds. The molecule has 148 valence electrons. The van der Waals surface area contributed by atoms with Crippen molar-refractivity contribution in [3.05, 3.63) is 0 Å². The van der Waals surface area contributed by atoms with E-state index >= 15 is 0 Å². The lowest BCUT2D eigenvalue weighted by molar-refractivity contribution is -0.0407. The van der Waals surface area contributed by atoms with E-state index in [1.807, 2.05) is 0 Å². The van der Waals surface area contributed by atoms with Crippen LogP contribution in [0.5, 0.6) is 0 Å². The number of nitrogens with one attached hydrogen (secondary N) is 1. The van der Waals surface area contributed by atoms with E-state index in [0.717, 1.165) is 32.4 Å². The molecule has 2 aliphatic heterocycles. The van der Waals surface area contributed by atoms with Crippen LogP contribution in [0.1, 0.15) is 73.6 Å². The molecule has 3 N–H and O–H groups in total. The van der Waals surface area contributed by atoms with E-state index in [0.29, 0.717) is 35.5 Å². The Morgan fingerprint density at radius 1 is 1.16 bits per heavy atom. The van der Waals surface area contributed by atoms with Crippen LogP contribution in [0.4, 0.5) is 0 Å². The molecule has 2 aliphatic rings. The van der Waals surface area contributed by atoms with E-state index in [1.165, 1.54) is 12.8 Å². The Labute approximate surface area is 161 Å². The van der Waals surface area contributed by atoms with Crippen LogP contribution in [0.2, 0.25) is 0 Å². The summed E-state index contributed by atoms with van der Waals surface area (Å²) in [5, 5.41) is 4.09. The molecule has 0 radical (unpaired) electrons. The minimum atomic E-state index is -0.172. The molecule has 2 bridgehead atoms. The third-order valence-electron chi connectivity index (χ3n) is 6.44. The van der Waals surface area contributed by atoms with Crippen molar-refractivity contribution in [1.29, 1.82) is 0 Å². The molecule has 2 fully saturated rings. The van der Waals surface area contributed by atoms with E-state index in [-0.39, 0.29) is 5.66 Å². The highest BCUT2D eigenvalue weighted by molar-refractivity contribution is 7.80. The number of rotatable bonds is 9. The maximum Gasteiger partial charge on any atom is 0.0720 e. The zero-order valence-electron chi connectivity index (χ0n) is 17.3. The van der Waals surface area contributed by atoms with Crippen molar-refractivity contribution in [3.8, 4) is 0 Å². The maximum absolute atomic E-state index is 7.11. The second-order valence-corrected chi connectivity index (χ2v) is 9.58. The van der Waals surface area contributed by atoms with Crippen molar-refractivity contribution in [2.24, 2.45) is 11.7 Å². The van der Waals surface area contributed by atoms with Gasteiger partial charge in [-0.1, -0.05) is 27.7 Å². The summed E-state index contributed by atoms with van der Waals surface area (Å²) in [5.41, 5.74) is 6.94. The summed E-state index contributed by atoms with van der Waals surface area (Å²) < 4.78 is 0. The van der Waals surface area contributed by atoms with E-state index in [9.17, 15) is 0 Å². The first-order valence-electron chi connectivity index (χ1n) is 10.5. The number of thiol groups is 1. The molecule has 4 nitrogen and oxygen atoms in total. The van der Waals surface area contributed by atoms with Gasteiger partial charge in [0.15, 0.2) is 0 Å². The predicted molar refractivity (Wildman–Crippen MR) is 112 cm³/mol. The average Bonchev–Trinajstić information content (AvgIpc) is 2.83. The Kier molecular flexibility index (Phi) is 7.67. The highest BCUT2D eigenvalue weighted by atomic mass is 32.1. The van der Waals surface area contributed by atoms with Crippen LogP contribution in [-0.4, -0.2) is 58.1 Å². The molecule has 2 rings (SSSR count). The Hall–Kier alpha value is 0.190. The fourth-order valence-electron chi connectivity index (χ4n) is 5.42. The van der Waals surface area contributed by atoms with Gasteiger partial charge in [0.25, 0.3) is 0 Å². The molecule has 5 atom stereocenters. The first kappa shape index (κ1) is 21.5. The van der Waals surface area contributed by atoms with Crippen molar-refractivity contribution >= 4 is 12.6 Å². The molecule has 0 aromatic rings. The van der Waals surface area contributed by atoms with Gasteiger partial charge in [-0.05, 0) is 65.0 Å². The zero-order valence-corrected chi connectivity index (χ0v) is 18.2. The minimum Gasteiger partial charge on any atom is -0.313 e. The molecule has 2 saturated heterocycles. The lowest BCUT2D eigenvalue weighted by Crippen LogP contribution is -2.68. The number of hydrogen-bond donors (Lipinski definition) is 3. The van der Waals surface area contributed by atoms with Crippen molar-refractivity contribution < 1.29 is 0 Å². The van der Waals surface area contributed by atoms with Gasteiger partial charge >= 0.3 is 0 Å². The van der Waals surface area contributed by atoms with Gasteiger partial charge in [-0.3, -0.25) is 9.80 Å². The van der Waals surface area contributed by atoms with Gasteiger partial charge in [-0.25, -0.2) is 0 Å². The molecule has 0 aromatic carbocycles. The average molecular weight is 371 g/mol. The summed E-state index contributed by atoms with van der Waals surface area (Å²) in [6, 6.07) is 2.16. The Balaban J connectivity index is 2.13. The molecule has 5 unspecified atom stereocenters. The number of fused-ring (bicyclic) bond motifs is 2. The number of piperidine rings is 1. The van der Waals surface area contributed by atoms with Crippen LogP contribution < -0.4 is 11.1 Å². The van der Waals surface area contributed by atoms with Crippen LogP contribution in [0.3, 0.4) is 0 Å². The molecule has 0 saturated carbocycles. The molecule has 5 heteroatoms. The van der Waals surface area contributed by atoms with E-state index in [4.69, 9.17) is 18.4 Å². The van der Waals surface area contributed by atoms with Gasteiger partial charge in [-0.2, -0.15) is 12.6 Å². The fraction of sp³-hybridized carbons (Fsp3) is 1.00. The van der Waals surface area contributed by atoms with Gasteiger partial charge in [0.1, 0.15) is 0 Å². The second kappa shape index (κ2) is 8.92. The summed E-state index contributed by atoms with van der Waals surface area (Å²) in [4.78, 5) is 5.24. The molecule has 25 heavy (non-hydrogen) atoms. The predicted octanol–water partition coefficient (Wildman–Crippen LogP) is 3.28. The van der Waals surface area contributed by atoms with Gasteiger partial charge in [0.05, 0.1) is 11.0 Å². The van der Waals surface area contributed by atoms with Crippen LogP contribution >= 0.6 is 12.6 Å². The molecule has 2 heterocycles. The van der Waals surface area contributed by atoms with Crippen molar-refractivity contribution in [1.82, 2.24) is 15.1 Å². The second-order valence-electron chi connectivity index (χ2n) is 8.83. The summed E-state index contributed by atoms with van der Waals surface area (Å²) in [5.74, 6) is 0.679. The Morgan fingerprint density at radius 3 is 2.12 bits per heavy atom. The Bertz CT molecular complexity index is 401. The topological polar surface area (TPSA) is 44.5 Å². The largest absolute Gasteiger partial charge is 0.313 e. The third-order valence-corrected chi connectivity index (χ3v) is 6.71. The highest BCUT2D eigenvalue weighted by Crippen LogP contribution is 2.43. The summed E-state index contributed by atoms with van der Waals surface area (Å²) >= 11 is 4.73. The molecule has 0 spiro atoms. The van der Waals surface area contributed by atoms with Gasteiger partial charge in [-0.15, -0.1) is 0 Å². The molecule has 0 aromatic heterocycles. The van der Waals surface area contributed by atoms with Gasteiger partial charge in [0.2, 0.25) is 0 Å². The van der Waals surface area contributed by atoms with Crippen molar-refractivity contribution in [3.63, 3.8) is 0 Å². The smallest absolute Gasteiger partial charge is 0.0720 e. The molecular weight excluding hydrogens is 328 g/mol. The minimum absolute atomic E-state index is 0.172. The van der Waals surface area contributed by atoms with Gasteiger partial charge < -0.3 is 11.1 Å². The van der Waals surface area contributed by atoms with Crippen LogP contribution in [0, 0.1) is 5.92 Å². The monoisotopic (exact) mass is 370 g/mol. The maximum atomic E-state index is 7.11. The highest BCUT2D eigenvalue weighted by Gasteiger charge is 2.51. The normalized spacial score (nSPS) is 33.8. The number of hydrogen-bond acceptors (Lipinski definition) is 5. The summed E-state index contributed by atoms with van der Waals surface area (Å²) in [6.07, 6.45) is 5.86. The Morgan fingerprint density at radius 2 is 1.72 bits per heavy atom. The standard InChI is InChI=1S/C20H42N4S/c1-7-19(15(5)22-13-14(3)4)23(8-2)20(21)11-17-9-10-18(12-20)24(17)16(6)25/h14-19,22,25H,7-13,21H2,1-6H3. The van der Waals surface area contributed by atoms with Crippen LogP contribution in [-0.2, 0) is 0 Å². The van der Waals surface area contributed by atoms with E-state index in [1.54, 1.807) is 0 Å². The van der Waals surface area contributed by atoms with Crippen LogP contribution in [0.15, 0.2) is 0 Å². The summed E-state index contributed by atoms with van der Waals surface area (Å²) in [6.45, 7) is 15.8. The first-order chi connectivity index (χ1) is 11.7. The van der Waals surface area contributed by atoms with Crippen molar-refractivity contribution in [2.75, 3.05) is 13.1 Å². The number of nitrogens with two attached hydrogens (primary N) is 1. The third kappa shape index (κ3) is 4.73. The molecular formula is C20H42N4S. The fourth-order valence-corrected chi connectivity index (χ4v) is 5.80. The van der Waals surface area contributed by atoms with E-state index < -0.39 is 0 Å². The van der Waals surface area contributed by atoms with Crippen molar-refractivity contribution in [2.45, 2.75) is 109 Å². The lowest BCUT2D eigenvalue weighted by atomic mass is 9.87. The number of nitrogens with zero attached hydrogens (tertiary/aromatic N) is 2. The van der Waals surface area contributed by atoms with E-state index in [2.05, 4.69) is 56.7 Å².